The third kappa shape index (κ3) is 2.98. The van der Waals surface area contributed by atoms with Gasteiger partial charge in [0, 0.05) is 13.1 Å². The molecule has 0 spiro atoms. The van der Waals surface area contributed by atoms with Crippen LogP contribution in [0.25, 0.3) is 5.57 Å². The van der Waals surface area contributed by atoms with Gasteiger partial charge >= 0.3 is 5.97 Å². The maximum Gasteiger partial charge on any atom is 0.352 e. The Kier molecular flexibility index (Phi) is 4.68. The van der Waals surface area contributed by atoms with Crippen LogP contribution >= 0.6 is 0 Å². The van der Waals surface area contributed by atoms with Gasteiger partial charge in [0.05, 0.1) is 24.7 Å². The number of carboxylic acids is 1. The first-order valence-electron chi connectivity index (χ1n) is 9.31. The first kappa shape index (κ1) is 18.6. The van der Waals surface area contributed by atoms with E-state index in [1.54, 1.807) is 11.8 Å². The number of hydrogen-bond acceptors (Lipinski definition) is 5. The molecule has 1 aromatic carbocycles. The quantitative estimate of drug-likeness (QED) is 0.712. The zero-order valence-electron chi connectivity index (χ0n) is 15.5. The summed E-state index contributed by atoms with van der Waals surface area (Å²) in [7, 11) is 0. The minimum absolute atomic E-state index is 0.00278. The van der Waals surface area contributed by atoms with E-state index in [0.29, 0.717) is 31.7 Å². The molecule has 0 aliphatic carbocycles. The number of aliphatic hydroxyl groups excluding tert-OH is 1. The van der Waals surface area contributed by atoms with E-state index in [2.05, 4.69) is 0 Å². The van der Waals surface area contributed by atoms with E-state index in [1.807, 2.05) is 24.3 Å². The number of carboxylic acid groups (broad SMARTS) is 1. The molecule has 0 unspecified atom stereocenters. The summed E-state index contributed by atoms with van der Waals surface area (Å²) in [4.78, 5) is 39.0. The molecule has 8 heteroatoms. The van der Waals surface area contributed by atoms with Gasteiger partial charge in [-0.3, -0.25) is 9.59 Å². The number of benzene rings is 1. The van der Waals surface area contributed by atoms with Crippen molar-refractivity contribution in [3.05, 3.63) is 41.1 Å². The van der Waals surface area contributed by atoms with Crippen molar-refractivity contribution in [2.24, 2.45) is 5.92 Å². The van der Waals surface area contributed by atoms with E-state index in [4.69, 9.17) is 4.74 Å². The number of ether oxygens (including phenoxy) is 1. The second-order valence-corrected chi connectivity index (χ2v) is 7.44. The Balaban J connectivity index is 1.56. The highest BCUT2D eigenvalue weighted by molar-refractivity contribution is 6.06. The molecule has 4 rings (SSSR count). The summed E-state index contributed by atoms with van der Waals surface area (Å²) < 4.78 is 5.13. The SMILES string of the molecule is C[C@@H](O)[C@H]1C(=O)N2C(C(=O)O)=C(c3ccc(CN4CCOCC4=O)cc3)C[C@H]12. The average molecular weight is 386 g/mol. The summed E-state index contributed by atoms with van der Waals surface area (Å²) in [6.45, 7) is 3.20. The van der Waals surface area contributed by atoms with E-state index < -0.39 is 18.0 Å². The second kappa shape index (κ2) is 7.03. The Bertz CT molecular complexity index is 860. The minimum Gasteiger partial charge on any atom is -0.477 e. The highest BCUT2D eigenvalue weighted by Crippen LogP contribution is 2.46. The summed E-state index contributed by atoms with van der Waals surface area (Å²) in [6, 6.07) is 7.08. The van der Waals surface area contributed by atoms with Gasteiger partial charge in [-0.1, -0.05) is 24.3 Å². The van der Waals surface area contributed by atoms with Crippen molar-refractivity contribution in [2.45, 2.75) is 32.0 Å². The molecule has 1 aromatic rings. The second-order valence-electron chi connectivity index (χ2n) is 7.44. The Hall–Kier alpha value is -2.71. The molecule has 2 fully saturated rings. The molecular weight excluding hydrogens is 364 g/mol. The molecule has 0 aromatic heterocycles. The lowest BCUT2D eigenvalue weighted by Gasteiger charge is -2.44. The van der Waals surface area contributed by atoms with Crippen molar-refractivity contribution < 1.29 is 29.3 Å². The average Bonchev–Trinajstić information content (AvgIpc) is 2.99. The topological polar surface area (TPSA) is 107 Å². The standard InChI is InChI=1S/C20H22N2O6/c1-11(23)17-15-8-14(18(20(26)27)22(15)19(17)25)13-4-2-12(3-5-13)9-21-6-7-28-10-16(21)24/h2-5,11,15,17,23H,6-10H2,1H3,(H,26,27)/t11-,15-,17-/m1/s1. The number of carbonyl (C=O) groups is 3. The lowest BCUT2D eigenvalue weighted by atomic mass is 9.82. The number of fused-ring (bicyclic) bond motifs is 1. The summed E-state index contributed by atoms with van der Waals surface area (Å²) >= 11 is 0. The van der Waals surface area contributed by atoms with E-state index in [1.165, 1.54) is 4.90 Å². The number of rotatable bonds is 5. The zero-order valence-corrected chi connectivity index (χ0v) is 15.5. The molecule has 8 nitrogen and oxygen atoms in total. The molecule has 2 amide bonds. The molecule has 28 heavy (non-hydrogen) atoms. The fraction of sp³-hybridized carbons (Fsp3) is 0.450. The number of nitrogens with zero attached hydrogens (tertiary/aromatic N) is 2. The molecule has 2 saturated heterocycles. The molecule has 2 N–H and O–H groups in total. The third-order valence-electron chi connectivity index (χ3n) is 5.69. The number of carbonyl (C=O) groups excluding carboxylic acids is 2. The first-order chi connectivity index (χ1) is 13.4. The molecule has 3 aliphatic rings. The molecule has 3 atom stereocenters. The maximum atomic E-state index is 12.3. The van der Waals surface area contributed by atoms with Gasteiger partial charge in [-0.2, -0.15) is 0 Å². The van der Waals surface area contributed by atoms with E-state index in [9.17, 15) is 24.6 Å². The van der Waals surface area contributed by atoms with Crippen LogP contribution in [0, 0.1) is 5.92 Å². The van der Waals surface area contributed by atoms with Crippen LogP contribution in [0.15, 0.2) is 30.0 Å². The van der Waals surface area contributed by atoms with Crippen molar-refractivity contribution in [3.8, 4) is 0 Å². The number of aliphatic hydroxyl groups is 1. The van der Waals surface area contributed by atoms with Gasteiger partial charge in [0.1, 0.15) is 12.3 Å². The van der Waals surface area contributed by atoms with Gasteiger partial charge in [-0.25, -0.2) is 4.79 Å². The van der Waals surface area contributed by atoms with Crippen molar-refractivity contribution in [1.29, 1.82) is 0 Å². The lowest BCUT2D eigenvalue weighted by Crippen LogP contribution is -2.61. The minimum atomic E-state index is -1.14. The van der Waals surface area contributed by atoms with Crippen LogP contribution < -0.4 is 0 Å². The van der Waals surface area contributed by atoms with E-state index in [-0.39, 0.29) is 30.2 Å². The lowest BCUT2D eigenvalue weighted by molar-refractivity contribution is -0.161. The van der Waals surface area contributed by atoms with Gasteiger partial charge in [0.2, 0.25) is 11.8 Å². The zero-order chi connectivity index (χ0) is 20.0. The fourth-order valence-electron chi connectivity index (χ4n) is 4.28. The molecule has 3 heterocycles. The van der Waals surface area contributed by atoms with Crippen LogP contribution in [-0.4, -0.2) is 69.7 Å². The summed E-state index contributed by atoms with van der Waals surface area (Å²) in [5, 5.41) is 19.5. The highest BCUT2D eigenvalue weighted by Gasteiger charge is 2.56. The van der Waals surface area contributed by atoms with Gasteiger partial charge < -0.3 is 24.7 Å². The van der Waals surface area contributed by atoms with Crippen LogP contribution in [0.4, 0.5) is 0 Å². The van der Waals surface area contributed by atoms with Crippen LogP contribution in [0.3, 0.4) is 0 Å². The van der Waals surface area contributed by atoms with Gasteiger partial charge in [-0.15, -0.1) is 0 Å². The van der Waals surface area contributed by atoms with Crippen LogP contribution in [-0.2, 0) is 25.7 Å². The van der Waals surface area contributed by atoms with Crippen molar-refractivity contribution >= 4 is 23.4 Å². The molecule has 0 bridgehead atoms. The summed E-state index contributed by atoms with van der Waals surface area (Å²) in [6.07, 6.45) is -0.402. The Morgan fingerprint density at radius 1 is 1.29 bits per heavy atom. The predicted molar refractivity (Wildman–Crippen MR) is 97.7 cm³/mol. The molecule has 3 aliphatic heterocycles. The maximum absolute atomic E-state index is 12.3. The fourth-order valence-corrected chi connectivity index (χ4v) is 4.28. The first-order valence-corrected chi connectivity index (χ1v) is 9.31. The van der Waals surface area contributed by atoms with Crippen molar-refractivity contribution in [2.75, 3.05) is 19.8 Å². The van der Waals surface area contributed by atoms with Crippen LogP contribution in [0.1, 0.15) is 24.5 Å². The normalized spacial score (nSPS) is 25.6. The number of β-lactam (4-membered cyclic amide) rings is 1. The number of hydrogen-bond donors (Lipinski definition) is 2. The number of amides is 2. The van der Waals surface area contributed by atoms with Gasteiger partial charge in [-0.05, 0) is 30.0 Å². The number of morpholine rings is 1. The van der Waals surface area contributed by atoms with Crippen molar-refractivity contribution in [3.63, 3.8) is 0 Å². The smallest absolute Gasteiger partial charge is 0.352 e. The Morgan fingerprint density at radius 2 is 2.00 bits per heavy atom. The monoisotopic (exact) mass is 386 g/mol. The van der Waals surface area contributed by atoms with Gasteiger partial charge in [0.15, 0.2) is 0 Å². The molecular formula is C20H22N2O6. The molecule has 0 saturated carbocycles. The summed E-state index contributed by atoms with van der Waals surface area (Å²) in [5.41, 5.74) is 2.28. The largest absolute Gasteiger partial charge is 0.477 e. The number of aliphatic carboxylic acids is 1. The van der Waals surface area contributed by atoms with E-state index in [0.717, 1.165) is 11.1 Å². The third-order valence-corrected chi connectivity index (χ3v) is 5.69. The van der Waals surface area contributed by atoms with Crippen LogP contribution in [0.5, 0.6) is 0 Å². The summed E-state index contributed by atoms with van der Waals surface area (Å²) in [5.74, 6) is -2.08. The van der Waals surface area contributed by atoms with Crippen LogP contribution in [0.2, 0.25) is 0 Å². The molecule has 0 radical (unpaired) electrons. The Labute approximate surface area is 162 Å². The van der Waals surface area contributed by atoms with Gasteiger partial charge in [0.25, 0.3) is 0 Å². The van der Waals surface area contributed by atoms with Crippen molar-refractivity contribution in [1.82, 2.24) is 9.80 Å². The molecule has 148 valence electrons. The Morgan fingerprint density at radius 3 is 2.61 bits per heavy atom. The highest BCUT2D eigenvalue weighted by atomic mass is 16.5. The van der Waals surface area contributed by atoms with E-state index >= 15 is 0 Å². The predicted octanol–water partition coefficient (Wildman–Crippen LogP) is 0.453.